The van der Waals surface area contributed by atoms with Gasteiger partial charge in [-0.3, -0.25) is 14.5 Å². The van der Waals surface area contributed by atoms with Gasteiger partial charge in [-0.15, -0.1) is 0 Å². The number of hydrogen-bond acceptors (Lipinski definition) is 5. The first-order valence-corrected chi connectivity index (χ1v) is 12.4. The lowest BCUT2D eigenvalue weighted by Crippen LogP contribution is -2.29. The molecule has 1 aliphatic rings. The van der Waals surface area contributed by atoms with Crippen LogP contribution in [0, 0.1) is 0 Å². The van der Waals surface area contributed by atoms with Crippen LogP contribution >= 0.6 is 0 Å². The third-order valence-corrected chi connectivity index (χ3v) is 6.60. The number of ketones is 1. The lowest BCUT2D eigenvalue weighted by molar-refractivity contribution is -0.132. The molecule has 0 radical (unpaired) electrons. The number of ether oxygens (including phenoxy) is 1. The van der Waals surface area contributed by atoms with Gasteiger partial charge in [0.25, 0.3) is 11.7 Å². The van der Waals surface area contributed by atoms with Crippen LogP contribution < -0.4 is 14.5 Å². The van der Waals surface area contributed by atoms with Gasteiger partial charge in [-0.1, -0.05) is 57.2 Å². The molecule has 0 bridgehead atoms. The van der Waals surface area contributed by atoms with E-state index in [2.05, 4.69) is 20.8 Å². The number of nitrogens with zero attached hydrogens (tertiary/aromatic N) is 2. The maximum absolute atomic E-state index is 13.5. The Labute approximate surface area is 218 Å². The monoisotopic (exact) mass is 498 g/mol. The first-order chi connectivity index (χ1) is 17.5. The Morgan fingerprint density at radius 2 is 1.62 bits per heavy atom. The molecule has 6 nitrogen and oxygen atoms in total. The third-order valence-electron chi connectivity index (χ3n) is 6.60. The average molecular weight is 499 g/mol. The second-order valence-electron chi connectivity index (χ2n) is 10.4. The van der Waals surface area contributed by atoms with E-state index in [9.17, 15) is 14.7 Å². The van der Waals surface area contributed by atoms with Crippen molar-refractivity contribution in [3.8, 4) is 5.75 Å². The zero-order chi connectivity index (χ0) is 26.9. The molecule has 192 valence electrons. The molecule has 1 heterocycles. The molecule has 1 atom stereocenters. The molecule has 0 spiro atoms. The number of rotatable bonds is 6. The van der Waals surface area contributed by atoms with Crippen LogP contribution in [0.2, 0.25) is 0 Å². The fourth-order valence-electron chi connectivity index (χ4n) is 4.55. The molecular formula is C31H34N2O4. The fraction of sp³-hybridized carbons (Fsp3) is 0.290. The molecule has 4 rings (SSSR count). The number of hydrogen-bond donors (Lipinski definition) is 1. The first-order valence-electron chi connectivity index (χ1n) is 12.4. The van der Waals surface area contributed by atoms with Gasteiger partial charge in [0.15, 0.2) is 0 Å². The smallest absolute Gasteiger partial charge is 0.300 e. The summed E-state index contributed by atoms with van der Waals surface area (Å²) in [7, 11) is 3.88. The zero-order valence-electron chi connectivity index (χ0n) is 22.3. The number of anilines is 2. The molecule has 1 saturated heterocycles. The van der Waals surface area contributed by atoms with Crippen molar-refractivity contribution in [2.45, 2.75) is 39.2 Å². The minimum atomic E-state index is -0.782. The molecule has 1 N–H and O–H groups in total. The van der Waals surface area contributed by atoms with Gasteiger partial charge in [0.05, 0.1) is 18.2 Å². The molecule has 3 aromatic rings. The van der Waals surface area contributed by atoms with Gasteiger partial charge < -0.3 is 14.7 Å². The van der Waals surface area contributed by atoms with Gasteiger partial charge in [0.1, 0.15) is 11.5 Å². The summed E-state index contributed by atoms with van der Waals surface area (Å²) < 4.78 is 5.58. The van der Waals surface area contributed by atoms with Gasteiger partial charge in [-0.05, 0) is 59.9 Å². The van der Waals surface area contributed by atoms with E-state index in [1.54, 1.807) is 24.3 Å². The first kappa shape index (κ1) is 26.0. The maximum atomic E-state index is 13.5. The van der Waals surface area contributed by atoms with Crippen molar-refractivity contribution in [1.29, 1.82) is 0 Å². The van der Waals surface area contributed by atoms with Crippen LogP contribution in [-0.2, 0) is 15.0 Å². The fourth-order valence-corrected chi connectivity index (χ4v) is 4.55. The third kappa shape index (κ3) is 5.10. The normalized spacial score (nSPS) is 17.2. The number of carbonyl (C=O) groups excluding carboxylic acids is 2. The molecule has 1 amide bonds. The Kier molecular flexibility index (Phi) is 7.12. The molecule has 1 unspecified atom stereocenters. The van der Waals surface area contributed by atoms with Crippen LogP contribution in [-0.4, -0.2) is 37.5 Å². The number of carbonyl (C=O) groups is 2. The predicted octanol–water partition coefficient (Wildman–Crippen LogP) is 6.08. The van der Waals surface area contributed by atoms with Crippen molar-refractivity contribution in [1.82, 2.24) is 0 Å². The van der Waals surface area contributed by atoms with E-state index in [1.165, 1.54) is 4.90 Å². The van der Waals surface area contributed by atoms with Gasteiger partial charge >= 0.3 is 0 Å². The summed E-state index contributed by atoms with van der Waals surface area (Å²) >= 11 is 0. The molecule has 1 aliphatic heterocycles. The lowest BCUT2D eigenvalue weighted by Gasteiger charge is -2.27. The summed E-state index contributed by atoms with van der Waals surface area (Å²) in [6, 6.07) is 21.5. The van der Waals surface area contributed by atoms with Crippen molar-refractivity contribution in [3.05, 3.63) is 95.1 Å². The molecule has 3 aromatic carbocycles. The summed E-state index contributed by atoms with van der Waals surface area (Å²) in [4.78, 5) is 30.3. The molecule has 0 saturated carbocycles. The van der Waals surface area contributed by atoms with E-state index in [-0.39, 0.29) is 16.7 Å². The molecule has 37 heavy (non-hydrogen) atoms. The highest BCUT2D eigenvalue weighted by Gasteiger charge is 2.47. The Morgan fingerprint density at radius 3 is 2.19 bits per heavy atom. The van der Waals surface area contributed by atoms with Gasteiger partial charge in [0.2, 0.25) is 0 Å². The van der Waals surface area contributed by atoms with Crippen molar-refractivity contribution in [3.63, 3.8) is 0 Å². The van der Waals surface area contributed by atoms with Crippen LogP contribution in [0.15, 0.2) is 78.4 Å². The van der Waals surface area contributed by atoms with E-state index in [4.69, 9.17) is 4.74 Å². The van der Waals surface area contributed by atoms with E-state index in [0.717, 1.165) is 16.8 Å². The number of aliphatic hydroxyl groups is 1. The SMILES string of the molecule is CCOc1cccc(/C(O)=C2/C(=O)C(=O)N(c3ccc(N(C)C)cc3)C2c2ccc(C(C)(C)C)cc2)c1. The molecular weight excluding hydrogens is 464 g/mol. The van der Waals surface area contributed by atoms with Crippen molar-refractivity contribution < 1.29 is 19.4 Å². The summed E-state index contributed by atoms with van der Waals surface area (Å²) in [6.07, 6.45) is 0. The zero-order valence-corrected chi connectivity index (χ0v) is 22.3. The summed E-state index contributed by atoms with van der Waals surface area (Å²) in [5.41, 5.74) is 3.85. The van der Waals surface area contributed by atoms with Gasteiger partial charge in [-0.25, -0.2) is 0 Å². The highest BCUT2D eigenvalue weighted by Crippen LogP contribution is 2.43. The summed E-state index contributed by atoms with van der Waals surface area (Å²) in [5.74, 6) is -1.05. The minimum absolute atomic E-state index is 0.0535. The number of amides is 1. The number of benzene rings is 3. The van der Waals surface area contributed by atoms with Gasteiger partial charge in [0, 0.05) is 31.0 Å². The Bertz CT molecular complexity index is 1330. The van der Waals surface area contributed by atoms with Crippen LogP contribution in [0.5, 0.6) is 5.75 Å². The summed E-state index contributed by atoms with van der Waals surface area (Å²) in [6.45, 7) is 8.74. The lowest BCUT2D eigenvalue weighted by atomic mass is 9.85. The molecule has 0 aromatic heterocycles. The highest BCUT2D eigenvalue weighted by atomic mass is 16.5. The Morgan fingerprint density at radius 1 is 0.973 bits per heavy atom. The number of Topliss-reactive ketones (excluding diaryl/α,β-unsaturated/α-hetero) is 1. The number of aliphatic hydroxyl groups excluding tert-OH is 1. The molecule has 6 heteroatoms. The summed E-state index contributed by atoms with van der Waals surface area (Å²) in [5, 5.41) is 11.4. The van der Waals surface area contributed by atoms with E-state index in [0.29, 0.717) is 23.6 Å². The largest absolute Gasteiger partial charge is 0.507 e. The molecule has 1 fully saturated rings. The van der Waals surface area contributed by atoms with Crippen LogP contribution in [0.1, 0.15) is 50.4 Å². The minimum Gasteiger partial charge on any atom is -0.507 e. The Balaban J connectivity index is 1.89. The quantitative estimate of drug-likeness (QED) is 0.254. The second kappa shape index (κ2) is 10.1. The predicted molar refractivity (Wildman–Crippen MR) is 148 cm³/mol. The van der Waals surface area contributed by atoms with Crippen molar-refractivity contribution >= 4 is 28.8 Å². The van der Waals surface area contributed by atoms with Crippen molar-refractivity contribution in [2.24, 2.45) is 0 Å². The molecule has 0 aliphatic carbocycles. The van der Waals surface area contributed by atoms with Crippen LogP contribution in [0.4, 0.5) is 11.4 Å². The van der Waals surface area contributed by atoms with Crippen LogP contribution in [0.3, 0.4) is 0 Å². The highest BCUT2D eigenvalue weighted by molar-refractivity contribution is 6.51. The Hall–Kier alpha value is -4.06. The standard InChI is InChI=1S/C31H34N2O4/c1-7-37-25-10-8-9-21(19-25)28(34)26-27(20-11-13-22(14-12-20)31(2,3)4)33(30(36)29(26)35)24-17-15-23(16-18-24)32(5)6/h8-19,27,34H,7H2,1-6H3/b28-26-. The van der Waals surface area contributed by atoms with E-state index in [1.807, 2.05) is 74.4 Å². The van der Waals surface area contributed by atoms with Crippen molar-refractivity contribution in [2.75, 3.05) is 30.5 Å². The van der Waals surface area contributed by atoms with Gasteiger partial charge in [-0.2, -0.15) is 0 Å². The van der Waals surface area contributed by atoms with Crippen LogP contribution in [0.25, 0.3) is 5.76 Å². The maximum Gasteiger partial charge on any atom is 0.300 e. The topological polar surface area (TPSA) is 70.1 Å². The second-order valence-corrected chi connectivity index (χ2v) is 10.4. The average Bonchev–Trinajstić information content (AvgIpc) is 3.14. The van der Waals surface area contributed by atoms with E-state index >= 15 is 0 Å². The van der Waals surface area contributed by atoms with E-state index < -0.39 is 17.7 Å².